The number of fused-ring (bicyclic) bond motifs is 2. The van der Waals surface area contributed by atoms with E-state index in [-0.39, 0.29) is 29.5 Å². The van der Waals surface area contributed by atoms with Crippen LogP contribution in [-0.4, -0.2) is 40.4 Å². The Morgan fingerprint density at radius 1 is 1.19 bits per heavy atom. The number of pyridine rings is 1. The minimum Gasteiger partial charge on any atom is -0.489 e. The summed E-state index contributed by atoms with van der Waals surface area (Å²) in [5, 5.41) is 4.32. The average molecular weight is 502 g/mol. The molecule has 0 bridgehead atoms. The second kappa shape index (κ2) is 8.78. The third-order valence-electron chi connectivity index (χ3n) is 7.22. The lowest BCUT2D eigenvalue weighted by Crippen LogP contribution is -2.53. The van der Waals surface area contributed by atoms with Crippen LogP contribution in [0, 0.1) is 18.8 Å². The standard InChI is InChI=1S/C28H27N3O4S/c1-15-10-11-21(35-17-12-23(32)31(5)28(3,4)14-17)24-19(27(33)30-34)13-20(29-25(15)24)26-16(2)18-8-6-7-9-22(18)36-26/h6-11,13,17H,12,14H2,1-5H3. The molecule has 1 unspecified atom stereocenters. The molecular formula is C28H27N3O4S. The number of thiophene rings is 1. The highest BCUT2D eigenvalue weighted by molar-refractivity contribution is 7.22. The average Bonchev–Trinajstić information content (AvgIpc) is 3.19. The topological polar surface area (TPSA) is 88.9 Å². The Morgan fingerprint density at radius 3 is 2.64 bits per heavy atom. The predicted molar refractivity (Wildman–Crippen MR) is 143 cm³/mol. The Morgan fingerprint density at radius 2 is 1.94 bits per heavy atom. The Hall–Kier alpha value is -3.65. The third-order valence-corrected chi connectivity index (χ3v) is 8.51. The summed E-state index contributed by atoms with van der Waals surface area (Å²) >= 11 is 1.60. The van der Waals surface area contributed by atoms with Gasteiger partial charge in [0, 0.05) is 28.9 Å². The van der Waals surface area contributed by atoms with Gasteiger partial charge in [-0.3, -0.25) is 9.59 Å². The zero-order valence-corrected chi connectivity index (χ0v) is 21.7. The number of amides is 2. The summed E-state index contributed by atoms with van der Waals surface area (Å²) in [7, 11) is 1.80. The maximum atomic E-state index is 12.8. The normalized spacial score (nSPS) is 17.5. The third kappa shape index (κ3) is 3.95. The molecule has 3 heterocycles. The highest BCUT2D eigenvalue weighted by atomic mass is 32.1. The Kier molecular flexibility index (Phi) is 5.87. The number of carbonyl (C=O) groups excluding carboxylic acids is 2. The summed E-state index contributed by atoms with van der Waals surface area (Å²) in [6.45, 7) is 7.94. The lowest BCUT2D eigenvalue weighted by molar-refractivity contribution is -0.142. The van der Waals surface area contributed by atoms with Gasteiger partial charge in [-0.2, -0.15) is 0 Å². The number of aromatic nitrogens is 1. The number of rotatable bonds is 4. The van der Waals surface area contributed by atoms with Gasteiger partial charge < -0.3 is 9.64 Å². The Bertz CT molecular complexity index is 1560. The summed E-state index contributed by atoms with van der Waals surface area (Å²) in [5.74, 6) is -0.454. The van der Waals surface area contributed by atoms with Gasteiger partial charge in [0.25, 0.3) is 0 Å². The molecule has 1 fully saturated rings. The lowest BCUT2D eigenvalue weighted by Gasteiger charge is -2.43. The minimum absolute atomic E-state index is 0.000765. The second-order valence-electron chi connectivity index (χ2n) is 10.0. The van der Waals surface area contributed by atoms with E-state index < -0.39 is 5.91 Å². The van der Waals surface area contributed by atoms with Crippen LogP contribution in [-0.2, 0) is 4.79 Å². The number of carbonyl (C=O) groups is 2. The molecule has 0 spiro atoms. The molecule has 1 aliphatic rings. The summed E-state index contributed by atoms with van der Waals surface area (Å²) in [6, 6.07) is 13.4. The quantitative estimate of drug-likeness (QED) is 0.301. The fourth-order valence-electron chi connectivity index (χ4n) is 4.99. The minimum atomic E-state index is -0.877. The summed E-state index contributed by atoms with van der Waals surface area (Å²) < 4.78 is 7.47. The van der Waals surface area contributed by atoms with Gasteiger partial charge in [0.1, 0.15) is 11.9 Å². The number of aryl methyl sites for hydroxylation is 2. The van der Waals surface area contributed by atoms with Crippen molar-refractivity contribution < 1.29 is 14.3 Å². The number of nitroso groups, excluding NO2 is 1. The zero-order valence-electron chi connectivity index (χ0n) is 20.9. The molecule has 8 heteroatoms. The molecule has 0 N–H and O–H groups in total. The van der Waals surface area contributed by atoms with E-state index in [1.165, 1.54) is 0 Å². The van der Waals surface area contributed by atoms with Gasteiger partial charge in [-0.15, -0.1) is 16.2 Å². The van der Waals surface area contributed by atoms with Gasteiger partial charge in [0.05, 0.1) is 33.5 Å². The van der Waals surface area contributed by atoms with Gasteiger partial charge >= 0.3 is 5.91 Å². The molecule has 36 heavy (non-hydrogen) atoms. The maximum Gasteiger partial charge on any atom is 0.317 e. The van der Waals surface area contributed by atoms with E-state index in [2.05, 4.69) is 17.3 Å². The fourth-order valence-corrected chi connectivity index (χ4v) is 6.16. The van der Waals surface area contributed by atoms with Crippen LogP contribution in [0.2, 0.25) is 0 Å². The van der Waals surface area contributed by atoms with Crippen molar-refractivity contribution in [1.29, 1.82) is 0 Å². The SMILES string of the molecule is Cc1c(-c2cc(C(=O)N=O)c3c(OC4CC(=O)N(C)C(C)(C)C4)ccc(C)c3n2)sc2ccccc12. The number of benzene rings is 2. The molecule has 4 aromatic rings. The van der Waals surface area contributed by atoms with E-state index in [1.807, 2.05) is 45.9 Å². The van der Waals surface area contributed by atoms with Crippen LogP contribution in [0.5, 0.6) is 5.75 Å². The van der Waals surface area contributed by atoms with Gasteiger partial charge in [0.15, 0.2) is 0 Å². The van der Waals surface area contributed by atoms with Gasteiger partial charge in [-0.1, -0.05) is 24.3 Å². The van der Waals surface area contributed by atoms with Gasteiger partial charge in [-0.25, -0.2) is 4.98 Å². The first-order valence-corrected chi connectivity index (χ1v) is 12.7. The fraction of sp³-hybridized carbons (Fsp3) is 0.321. The van der Waals surface area contributed by atoms with E-state index in [1.54, 1.807) is 35.4 Å². The number of hydrogen-bond donors (Lipinski definition) is 0. The van der Waals surface area contributed by atoms with Crippen LogP contribution in [0.25, 0.3) is 31.6 Å². The molecule has 5 rings (SSSR count). The summed E-state index contributed by atoms with van der Waals surface area (Å²) in [4.78, 5) is 44.5. The van der Waals surface area contributed by atoms with Crippen LogP contribution in [0.1, 0.15) is 48.2 Å². The summed E-state index contributed by atoms with van der Waals surface area (Å²) in [6.07, 6.45) is 0.495. The van der Waals surface area contributed by atoms with Gasteiger partial charge in [0.2, 0.25) is 5.91 Å². The van der Waals surface area contributed by atoms with Crippen molar-refractivity contribution in [3.8, 4) is 16.3 Å². The van der Waals surface area contributed by atoms with E-state index >= 15 is 0 Å². The Balaban J connectivity index is 1.68. The number of ether oxygens (including phenoxy) is 1. The smallest absolute Gasteiger partial charge is 0.317 e. The largest absolute Gasteiger partial charge is 0.489 e. The molecule has 1 aliphatic heterocycles. The number of hydrogen-bond acceptors (Lipinski definition) is 6. The van der Waals surface area contributed by atoms with Crippen LogP contribution < -0.4 is 4.74 Å². The van der Waals surface area contributed by atoms with E-state index in [9.17, 15) is 14.5 Å². The molecule has 2 amide bonds. The number of nitrogens with zero attached hydrogens (tertiary/aromatic N) is 3. The highest BCUT2D eigenvalue weighted by Crippen LogP contribution is 2.41. The van der Waals surface area contributed by atoms with Crippen molar-refractivity contribution in [1.82, 2.24) is 9.88 Å². The zero-order chi connectivity index (χ0) is 25.8. The maximum absolute atomic E-state index is 12.8. The molecule has 0 saturated carbocycles. The molecule has 184 valence electrons. The number of likely N-dealkylation sites (tertiary alicyclic amines) is 1. The van der Waals surface area contributed by atoms with Gasteiger partial charge in [-0.05, 0) is 62.4 Å². The molecule has 0 aliphatic carbocycles. The van der Waals surface area contributed by atoms with Crippen LogP contribution in [0.15, 0.2) is 47.6 Å². The van der Waals surface area contributed by atoms with Crippen molar-refractivity contribution in [2.75, 3.05) is 7.05 Å². The van der Waals surface area contributed by atoms with Crippen molar-refractivity contribution in [3.05, 3.63) is 64.1 Å². The lowest BCUT2D eigenvalue weighted by atomic mass is 9.88. The second-order valence-corrected chi connectivity index (χ2v) is 11.1. The molecule has 1 saturated heterocycles. The molecule has 2 aromatic heterocycles. The van der Waals surface area contributed by atoms with Crippen molar-refractivity contribution in [3.63, 3.8) is 0 Å². The molecule has 2 aromatic carbocycles. The first kappa shape index (κ1) is 24.1. The predicted octanol–water partition coefficient (Wildman–Crippen LogP) is 6.42. The Labute approximate surface area is 213 Å². The first-order chi connectivity index (χ1) is 17.1. The monoisotopic (exact) mass is 501 g/mol. The molecule has 0 radical (unpaired) electrons. The van der Waals surface area contributed by atoms with Crippen molar-refractivity contribution in [2.24, 2.45) is 5.18 Å². The van der Waals surface area contributed by atoms with Crippen LogP contribution in [0.4, 0.5) is 0 Å². The van der Waals surface area contributed by atoms with Crippen molar-refractivity contribution >= 4 is 44.1 Å². The van der Waals surface area contributed by atoms with E-state index in [4.69, 9.17) is 9.72 Å². The first-order valence-electron chi connectivity index (χ1n) is 11.8. The van der Waals surface area contributed by atoms with Crippen molar-refractivity contribution in [2.45, 2.75) is 52.2 Å². The van der Waals surface area contributed by atoms with Crippen LogP contribution in [0.3, 0.4) is 0 Å². The molecule has 7 nitrogen and oxygen atoms in total. The summed E-state index contributed by atoms with van der Waals surface area (Å²) in [5.41, 5.74) is 2.89. The molecular weight excluding hydrogens is 474 g/mol. The van der Waals surface area contributed by atoms with E-state index in [0.717, 1.165) is 26.1 Å². The number of piperidine rings is 1. The molecule has 1 atom stereocenters. The van der Waals surface area contributed by atoms with E-state index in [0.29, 0.717) is 28.8 Å². The van der Waals surface area contributed by atoms with Crippen LogP contribution >= 0.6 is 11.3 Å². The highest BCUT2D eigenvalue weighted by Gasteiger charge is 2.38.